The Kier molecular flexibility index (Phi) is 2.34. The normalized spacial score (nSPS) is 36.3. The van der Waals surface area contributed by atoms with E-state index in [1.54, 1.807) is 18.2 Å². The van der Waals surface area contributed by atoms with Gasteiger partial charge in [-0.3, -0.25) is 4.79 Å². The fraction of sp³-hybridized carbons (Fsp3) is 0.333. The maximum absolute atomic E-state index is 13.9. The number of ether oxygens (including phenoxy) is 1. The number of carbonyl (C=O) groups is 2. The van der Waals surface area contributed by atoms with Crippen LogP contribution in [0.1, 0.15) is 0 Å². The monoisotopic (exact) mass is 288 g/mol. The van der Waals surface area contributed by atoms with Crippen molar-refractivity contribution in [2.24, 2.45) is 11.8 Å². The molecule has 5 nitrogen and oxygen atoms in total. The van der Waals surface area contributed by atoms with Crippen LogP contribution in [-0.2, 0) is 14.3 Å². The summed E-state index contributed by atoms with van der Waals surface area (Å²) in [5.41, 5.74) is -0.835. The Balaban J connectivity index is 1.78. The summed E-state index contributed by atoms with van der Waals surface area (Å²) in [6.07, 6.45) is 2.74. The number of rotatable bonds is 2. The minimum Gasteiger partial charge on any atom is -0.550 e. The van der Waals surface area contributed by atoms with Crippen LogP contribution in [0.15, 0.2) is 36.4 Å². The van der Waals surface area contributed by atoms with Gasteiger partial charge in [-0.25, -0.2) is 4.39 Å². The molecule has 4 rings (SSSR count). The number of nitrogens with zero attached hydrogens (tertiary/aromatic N) is 1. The Morgan fingerprint density at radius 2 is 2.19 bits per heavy atom. The Morgan fingerprint density at radius 1 is 1.43 bits per heavy atom. The van der Waals surface area contributed by atoms with E-state index in [-0.39, 0.29) is 12.2 Å². The minimum atomic E-state index is -1.31. The smallest absolute Gasteiger partial charge is 0.234 e. The zero-order valence-corrected chi connectivity index (χ0v) is 10.9. The van der Waals surface area contributed by atoms with Crippen molar-refractivity contribution in [1.29, 1.82) is 0 Å². The first-order valence-electron chi connectivity index (χ1n) is 6.67. The molecule has 0 aromatic heterocycles. The summed E-state index contributed by atoms with van der Waals surface area (Å²) in [7, 11) is 0. The molecule has 4 atom stereocenters. The molecule has 2 fully saturated rings. The summed E-state index contributed by atoms with van der Waals surface area (Å²) in [6, 6.07) is 5.92. The zero-order chi connectivity index (χ0) is 14.8. The Bertz CT molecular complexity index is 688. The van der Waals surface area contributed by atoms with Crippen molar-refractivity contribution < 1.29 is 23.8 Å². The second kappa shape index (κ2) is 3.92. The van der Waals surface area contributed by atoms with Crippen LogP contribution >= 0.6 is 0 Å². The van der Waals surface area contributed by atoms with Gasteiger partial charge in [0, 0.05) is 11.9 Å². The van der Waals surface area contributed by atoms with Gasteiger partial charge in [0.1, 0.15) is 11.4 Å². The van der Waals surface area contributed by atoms with Crippen LogP contribution in [0.2, 0.25) is 0 Å². The number of carboxylic acids is 1. The molecular formula is C15H11FNO4-. The molecule has 3 heterocycles. The molecule has 0 N–H and O–H groups in total. The highest BCUT2D eigenvalue weighted by molar-refractivity contribution is 6.02. The Labute approximate surface area is 119 Å². The van der Waals surface area contributed by atoms with Crippen LogP contribution in [0.3, 0.4) is 0 Å². The number of anilines is 1. The molecule has 2 bridgehead atoms. The molecular weight excluding hydrogens is 277 g/mol. The van der Waals surface area contributed by atoms with Crippen LogP contribution < -0.4 is 10.0 Å². The lowest BCUT2D eigenvalue weighted by atomic mass is 9.77. The predicted molar refractivity (Wildman–Crippen MR) is 67.5 cm³/mol. The van der Waals surface area contributed by atoms with Gasteiger partial charge in [-0.05, 0) is 12.1 Å². The van der Waals surface area contributed by atoms with Gasteiger partial charge in [0.15, 0.2) is 0 Å². The Morgan fingerprint density at radius 3 is 2.90 bits per heavy atom. The van der Waals surface area contributed by atoms with E-state index in [2.05, 4.69) is 0 Å². The van der Waals surface area contributed by atoms with Gasteiger partial charge in [0.05, 0.1) is 24.3 Å². The number of carbonyl (C=O) groups excluding carboxylic acids is 2. The molecule has 1 amide bonds. The lowest BCUT2D eigenvalue weighted by Gasteiger charge is -2.24. The third-order valence-corrected chi connectivity index (χ3v) is 4.52. The number of hydrogen-bond acceptors (Lipinski definition) is 4. The number of para-hydroxylation sites is 1. The molecule has 3 aliphatic rings. The number of carboxylic acid groups (broad SMARTS) is 1. The largest absolute Gasteiger partial charge is 0.550 e. The van der Waals surface area contributed by atoms with Crippen molar-refractivity contribution in [3.63, 3.8) is 0 Å². The molecule has 1 aromatic carbocycles. The van der Waals surface area contributed by atoms with E-state index < -0.39 is 41.2 Å². The summed E-state index contributed by atoms with van der Waals surface area (Å²) in [5, 5.41) is 11.3. The molecule has 108 valence electrons. The number of amides is 1. The second-order valence-corrected chi connectivity index (χ2v) is 5.59. The molecule has 0 unspecified atom stereocenters. The molecule has 6 heteroatoms. The van der Waals surface area contributed by atoms with Crippen molar-refractivity contribution in [2.75, 3.05) is 11.4 Å². The predicted octanol–water partition coefficient (Wildman–Crippen LogP) is -0.138. The van der Waals surface area contributed by atoms with Gasteiger partial charge in [-0.1, -0.05) is 24.3 Å². The number of hydrogen-bond donors (Lipinski definition) is 0. The molecule has 1 aromatic rings. The standard InChI is InChI=1S/C15H12FNO4/c16-8-3-1-2-4-9(8)17-7-15-6-5-10(21-15)11(14(19)20)12(15)13(17)18/h1-6,10-12H,7H2,(H,19,20)/p-1/t10-,11+,12-,15+/m1/s1. The fourth-order valence-corrected chi connectivity index (χ4v) is 3.64. The van der Waals surface area contributed by atoms with Crippen molar-refractivity contribution in [1.82, 2.24) is 0 Å². The second-order valence-electron chi connectivity index (χ2n) is 5.59. The van der Waals surface area contributed by atoms with Gasteiger partial charge in [0.25, 0.3) is 0 Å². The molecule has 2 saturated heterocycles. The molecule has 3 aliphatic heterocycles. The van der Waals surface area contributed by atoms with Crippen molar-refractivity contribution in [3.8, 4) is 0 Å². The maximum atomic E-state index is 13.9. The summed E-state index contributed by atoms with van der Waals surface area (Å²) < 4.78 is 19.6. The third-order valence-electron chi connectivity index (χ3n) is 4.52. The number of aliphatic carboxylic acids is 1. The van der Waals surface area contributed by atoms with E-state index in [4.69, 9.17) is 4.74 Å². The summed E-state index contributed by atoms with van der Waals surface area (Å²) in [5.74, 6) is -4.12. The van der Waals surface area contributed by atoms with Crippen LogP contribution in [0.25, 0.3) is 0 Å². The van der Waals surface area contributed by atoms with Crippen molar-refractivity contribution in [3.05, 3.63) is 42.2 Å². The molecule has 0 saturated carbocycles. The van der Waals surface area contributed by atoms with Gasteiger partial charge >= 0.3 is 0 Å². The van der Waals surface area contributed by atoms with Crippen LogP contribution in [-0.4, -0.2) is 30.1 Å². The maximum Gasteiger partial charge on any atom is 0.234 e. The Hall–Kier alpha value is -2.21. The SMILES string of the molecule is O=C([O-])[C@H]1[C@H]2C=C[C@@]3(CN(c4ccccc4F)C(=O)[C@@H]13)O2. The first-order chi connectivity index (χ1) is 10.0. The minimum absolute atomic E-state index is 0.119. The summed E-state index contributed by atoms with van der Waals surface area (Å²) in [6.45, 7) is 0.119. The van der Waals surface area contributed by atoms with Gasteiger partial charge in [0.2, 0.25) is 5.91 Å². The first kappa shape index (κ1) is 12.5. The van der Waals surface area contributed by atoms with E-state index in [1.165, 1.54) is 23.1 Å². The van der Waals surface area contributed by atoms with Crippen LogP contribution in [0, 0.1) is 17.7 Å². The molecule has 21 heavy (non-hydrogen) atoms. The highest BCUT2D eigenvalue weighted by Crippen LogP contribution is 2.52. The van der Waals surface area contributed by atoms with Gasteiger partial charge in [-0.2, -0.15) is 0 Å². The average molecular weight is 288 g/mol. The number of halogens is 1. The zero-order valence-electron chi connectivity index (χ0n) is 10.9. The quantitative estimate of drug-likeness (QED) is 0.710. The first-order valence-corrected chi connectivity index (χ1v) is 6.67. The molecule has 0 radical (unpaired) electrons. The average Bonchev–Trinajstić information content (AvgIpc) is 3.08. The number of fused-ring (bicyclic) bond motifs is 1. The van der Waals surface area contributed by atoms with Gasteiger partial charge in [-0.15, -0.1) is 0 Å². The van der Waals surface area contributed by atoms with Crippen molar-refractivity contribution in [2.45, 2.75) is 11.7 Å². The summed E-state index contributed by atoms with van der Waals surface area (Å²) >= 11 is 0. The molecule has 1 spiro atoms. The van der Waals surface area contributed by atoms with E-state index >= 15 is 0 Å². The van der Waals surface area contributed by atoms with Crippen molar-refractivity contribution >= 4 is 17.6 Å². The number of benzene rings is 1. The topological polar surface area (TPSA) is 69.7 Å². The van der Waals surface area contributed by atoms with E-state index in [0.717, 1.165) is 0 Å². The highest BCUT2D eigenvalue weighted by atomic mass is 19.1. The van der Waals surface area contributed by atoms with E-state index in [1.807, 2.05) is 0 Å². The van der Waals surface area contributed by atoms with E-state index in [9.17, 15) is 19.1 Å². The summed E-state index contributed by atoms with van der Waals surface area (Å²) in [4.78, 5) is 25.2. The third kappa shape index (κ3) is 1.48. The fourth-order valence-electron chi connectivity index (χ4n) is 3.64. The lowest BCUT2D eigenvalue weighted by molar-refractivity contribution is -0.313. The van der Waals surface area contributed by atoms with Gasteiger partial charge < -0.3 is 19.5 Å². The molecule has 0 aliphatic carbocycles. The van der Waals surface area contributed by atoms with E-state index in [0.29, 0.717) is 0 Å². The van der Waals surface area contributed by atoms with Crippen LogP contribution in [0.4, 0.5) is 10.1 Å². The highest BCUT2D eigenvalue weighted by Gasteiger charge is 2.65. The van der Waals surface area contributed by atoms with Crippen LogP contribution in [0.5, 0.6) is 0 Å². The lowest BCUT2D eigenvalue weighted by Crippen LogP contribution is -2.45.